The van der Waals surface area contributed by atoms with Crippen LogP contribution >= 0.6 is 0 Å². The Morgan fingerprint density at radius 2 is 2.05 bits per heavy atom. The fraction of sp³-hybridized carbons (Fsp3) is 0.588. The van der Waals surface area contributed by atoms with Gasteiger partial charge in [0.1, 0.15) is 6.61 Å². The monoisotopic (exact) mass is 292 g/mol. The summed E-state index contributed by atoms with van der Waals surface area (Å²) in [5, 5.41) is 3.20. The van der Waals surface area contributed by atoms with Crippen LogP contribution in [0.25, 0.3) is 0 Å². The molecule has 118 valence electrons. The van der Waals surface area contributed by atoms with Crippen LogP contribution in [0.4, 0.5) is 0 Å². The van der Waals surface area contributed by atoms with Gasteiger partial charge >= 0.3 is 5.97 Å². The summed E-state index contributed by atoms with van der Waals surface area (Å²) in [6.45, 7) is 6.52. The Kier molecular flexibility index (Phi) is 7.40. The van der Waals surface area contributed by atoms with Gasteiger partial charge in [-0.1, -0.05) is 26.0 Å². The van der Waals surface area contributed by atoms with E-state index in [1.165, 1.54) is 5.56 Å². The lowest BCUT2D eigenvalue weighted by atomic mass is 9.88. The number of hydrogen-bond acceptors (Lipinski definition) is 4. The van der Waals surface area contributed by atoms with Crippen molar-refractivity contribution in [3.63, 3.8) is 0 Å². The number of benzene rings is 1. The lowest BCUT2D eigenvalue weighted by molar-refractivity contribution is 0.0481. The number of likely N-dealkylation sites (N-methyl/N-ethyl adjacent to an activating group) is 1. The Labute approximate surface area is 128 Å². The van der Waals surface area contributed by atoms with E-state index in [9.17, 15) is 4.79 Å². The molecule has 1 unspecified atom stereocenters. The van der Waals surface area contributed by atoms with Crippen molar-refractivity contribution < 1.29 is 9.53 Å². The molecule has 1 aromatic carbocycles. The van der Waals surface area contributed by atoms with Gasteiger partial charge < -0.3 is 15.0 Å². The molecule has 0 aliphatic carbocycles. The van der Waals surface area contributed by atoms with E-state index in [1.54, 1.807) is 0 Å². The van der Waals surface area contributed by atoms with Crippen LogP contribution < -0.4 is 5.32 Å². The fourth-order valence-corrected chi connectivity index (χ4v) is 2.18. The van der Waals surface area contributed by atoms with Crippen molar-refractivity contribution in [3.8, 4) is 0 Å². The number of nitrogens with zero attached hydrogens (tertiary/aromatic N) is 1. The molecule has 4 heteroatoms. The van der Waals surface area contributed by atoms with Crippen LogP contribution in [0.15, 0.2) is 24.3 Å². The third kappa shape index (κ3) is 5.86. The highest BCUT2D eigenvalue weighted by atomic mass is 16.5. The molecule has 0 bridgehead atoms. The second kappa shape index (κ2) is 8.80. The largest absolute Gasteiger partial charge is 0.461 e. The lowest BCUT2D eigenvalue weighted by Crippen LogP contribution is -2.21. The van der Waals surface area contributed by atoms with Gasteiger partial charge in [-0.15, -0.1) is 0 Å². The molecule has 0 aliphatic heterocycles. The van der Waals surface area contributed by atoms with Crippen molar-refractivity contribution in [1.82, 2.24) is 10.2 Å². The molecule has 21 heavy (non-hydrogen) atoms. The molecule has 0 heterocycles. The van der Waals surface area contributed by atoms with Gasteiger partial charge in [0, 0.05) is 6.54 Å². The normalized spacial score (nSPS) is 14.0. The molecule has 0 amide bonds. The molecule has 0 saturated carbocycles. The average Bonchev–Trinajstić information content (AvgIpc) is 2.46. The number of ether oxygens (including phenoxy) is 1. The molecule has 0 saturated heterocycles. The molecule has 2 atom stereocenters. The molecule has 0 aliphatic rings. The van der Waals surface area contributed by atoms with Crippen LogP contribution in [0.5, 0.6) is 0 Å². The Balaban J connectivity index is 2.69. The van der Waals surface area contributed by atoms with Gasteiger partial charge in [-0.05, 0) is 57.2 Å². The van der Waals surface area contributed by atoms with Crippen LogP contribution in [-0.2, 0) is 4.74 Å². The minimum atomic E-state index is -0.243. The number of nitrogens with one attached hydrogen (secondary N) is 1. The van der Waals surface area contributed by atoms with Crippen LogP contribution in [0.2, 0.25) is 0 Å². The second-order valence-corrected chi connectivity index (χ2v) is 5.89. The van der Waals surface area contributed by atoms with Crippen molar-refractivity contribution >= 4 is 5.97 Å². The van der Waals surface area contributed by atoms with E-state index in [4.69, 9.17) is 4.74 Å². The molecule has 1 aromatic rings. The zero-order chi connectivity index (χ0) is 15.8. The standard InChI is InChI=1S/C17H28N2O2/c1-13(12-18-3)14(2)15-7-6-8-16(11-15)17(20)21-10-9-19(4)5/h6-8,11,13-14,18H,9-10,12H2,1-5H3/t13-,14?/m1/s1. The minimum absolute atomic E-state index is 0.243. The van der Waals surface area contributed by atoms with E-state index in [0.717, 1.165) is 13.1 Å². The van der Waals surface area contributed by atoms with Crippen molar-refractivity contribution in [2.75, 3.05) is 40.8 Å². The quantitative estimate of drug-likeness (QED) is 0.747. The molecule has 1 rings (SSSR count). The van der Waals surface area contributed by atoms with E-state index >= 15 is 0 Å². The number of hydrogen-bond donors (Lipinski definition) is 1. The fourth-order valence-electron chi connectivity index (χ4n) is 2.18. The number of carbonyl (C=O) groups is 1. The van der Waals surface area contributed by atoms with E-state index < -0.39 is 0 Å². The maximum atomic E-state index is 12.0. The van der Waals surface area contributed by atoms with Gasteiger partial charge in [0.15, 0.2) is 0 Å². The molecular formula is C17H28N2O2. The highest BCUT2D eigenvalue weighted by Gasteiger charge is 2.16. The molecule has 0 spiro atoms. The van der Waals surface area contributed by atoms with Crippen LogP contribution in [0, 0.1) is 5.92 Å². The summed E-state index contributed by atoms with van der Waals surface area (Å²) in [7, 11) is 5.88. The average molecular weight is 292 g/mol. The molecule has 1 N–H and O–H groups in total. The summed E-state index contributed by atoms with van der Waals surface area (Å²) in [6.07, 6.45) is 0. The lowest BCUT2D eigenvalue weighted by Gasteiger charge is -2.20. The summed E-state index contributed by atoms with van der Waals surface area (Å²) >= 11 is 0. The molecule has 0 radical (unpaired) electrons. The molecule has 4 nitrogen and oxygen atoms in total. The molecule has 0 aromatic heterocycles. The molecular weight excluding hydrogens is 264 g/mol. The Morgan fingerprint density at radius 1 is 1.33 bits per heavy atom. The zero-order valence-corrected chi connectivity index (χ0v) is 13.8. The van der Waals surface area contributed by atoms with Crippen molar-refractivity contribution in [2.45, 2.75) is 19.8 Å². The first kappa shape index (κ1) is 17.7. The highest BCUT2D eigenvalue weighted by molar-refractivity contribution is 5.89. The van der Waals surface area contributed by atoms with Crippen LogP contribution in [-0.4, -0.2) is 51.7 Å². The zero-order valence-electron chi connectivity index (χ0n) is 13.8. The van der Waals surface area contributed by atoms with E-state index in [1.807, 2.05) is 44.2 Å². The topological polar surface area (TPSA) is 41.6 Å². The van der Waals surface area contributed by atoms with Gasteiger partial charge in [-0.3, -0.25) is 0 Å². The van der Waals surface area contributed by atoms with Crippen molar-refractivity contribution in [3.05, 3.63) is 35.4 Å². The van der Waals surface area contributed by atoms with Gasteiger partial charge in [0.05, 0.1) is 5.56 Å². The Hall–Kier alpha value is -1.39. The maximum absolute atomic E-state index is 12.0. The number of esters is 1. The van der Waals surface area contributed by atoms with Gasteiger partial charge in [0.25, 0.3) is 0 Å². The van der Waals surface area contributed by atoms with Crippen LogP contribution in [0.1, 0.15) is 35.7 Å². The highest BCUT2D eigenvalue weighted by Crippen LogP contribution is 2.24. The van der Waals surface area contributed by atoms with Gasteiger partial charge in [-0.2, -0.15) is 0 Å². The van der Waals surface area contributed by atoms with Crippen molar-refractivity contribution in [2.24, 2.45) is 5.92 Å². The maximum Gasteiger partial charge on any atom is 0.338 e. The Morgan fingerprint density at radius 3 is 2.67 bits per heavy atom. The first-order valence-corrected chi connectivity index (χ1v) is 7.52. The third-order valence-electron chi connectivity index (χ3n) is 3.80. The SMILES string of the molecule is CNC[C@@H](C)C(C)c1cccc(C(=O)OCCN(C)C)c1. The molecule has 0 fully saturated rings. The summed E-state index contributed by atoms with van der Waals surface area (Å²) in [6, 6.07) is 7.78. The first-order chi connectivity index (χ1) is 9.95. The third-order valence-corrected chi connectivity index (χ3v) is 3.80. The van der Waals surface area contributed by atoms with Gasteiger partial charge in [0.2, 0.25) is 0 Å². The predicted octanol–water partition coefficient (Wildman–Crippen LogP) is 2.36. The van der Waals surface area contributed by atoms with Crippen LogP contribution in [0.3, 0.4) is 0 Å². The van der Waals surface area contributed by atoms with E-state index in [-0.39, 0.29) is 5.97 Å². The minimum Gasteiger partial charge on any atom is -0.461 e. The summed E-state index contributed by atoms with van der Waals surface area (Å²) < 4.78 is 5.29. The second-order valence-electron chi connectivity index (χ2n) is 5.89. The first-order valence-electron chi connectivity index (χ1n) is 7.52. The predicted molar refractivity (Wildman–Crippen MR) is 86.8 cm³/mol. The number of rotatable bonds is 8. The summed E-state index contributed by atoms with van der Waals surface area (Å²) in [5.41, 5.74) is 1.81. The Bertz CT molecular complexity index is 446. The number of carbonyl (C=O) groups excluding carboxylic acids is 1. The van der Waals surface area contributed by atoms with Gasteiger partial charge in [-0.25, -0.2) is 4.79 Å². The van der Waals surface area contributed by atoms with E-state index in [2.05, 4.69) is 25.2 Å². The summed E-state index contributed by atoms with van der Waals surface area (Å²) in [5.74, 6) is 0.661. The van der Waals surface area contributed by atoms with Crippen molar-refractivity contribution in [1.29, 1.82) is 0 Å². The smallest absolute Gasteiger partial charge is 0.338 e. The summed E-state index contributed by atoms with van der Waals surface area (Å²) in [4.78, 5) is 14.0. The van der Waals surface area contributed by atoms with E-state index in [0.29, 0.717) is 24.0 Å².